The third-order valence-electron chi connectivity index (χ3n) is 6.98. The zero-order valence-electron chi connectivity index (χ0n) is 18.9. The van der Waals surface area contributed by atoms with Crippen LogP contribution in [0.2, 0.25) is 0 Å². The molecule has 4 nitrogen and oxygen atoms in total. The molecule has 2 fully saturated rings. The molecule has 0 spiro atoms. The maximum absolute atomic E-state index is 5.19. The van der Waals surface area contributed by atoms with E-state index in [0.717, 1.165) is 35.7 Å². The highest BCUT2D eigenvalue weighted by Gasteiger charge is 2.50. The average Bonchev–Trinajstić information content (AvgIpc) is 3.36. The van der Waals surface area contributed by atoms with Gasteiger partial charge in [0.15, 0.2) is 10.3 Å². The number of fused-ring (bicyclic) bond motifs is 4. The van der Waals surface area contributed by atoms with E-state index in [1.807, 2.05) is 17.8 Å². The first-order valence-electron chi connectivity index (χ1n) is 12.1. The van der Waals surface area contributed by atoms with E-state index in [1.165, 1.54) is 39.4 Å². The Balaban J connectivity index is 1.07. The Morgan fingerprint density at radius 2 is 1.88 bits per heavy atom. The molecule has 6 heteroatoms. The smallest absolute Gasteiger partial charge is 0.183 e. The summed E-state index contributed by atoms with van der Waals surface area (Å²) < 4.78 is 1.23. The minimum absolute atomic E-state index is 0.494. The fourth-order valence-corrected chi connectivity index (χ4v) is 7.64. The number of nitrogens with one attached hydrogen (secondary N) is 1. The highest BCUT2D eigenvalue weighted by molar-refractivity contribution is 8.14. The van der Waals surface area contributed by atoms with Crippen LogP contribution in [-0.4, -0.2) is 32.9 Å². The fraction of sp³-hybridized carbons (Fsp3) is 0.286. The summed E-state index contributed by atoms with van der Waals surface area (Å²) in [4.78, 5) is 12.5. The predicted octanol–water partition coefficient (Wildman–Crippen LogP) is 6.82. The Morgan fingerprint density at radius 1 is 1.00 bits per heavy atom. The van der Waals surface area contributed by atoms with Crippen molar-refractivity contribution in [3.05, 3.63) is 89.5 Å². The van der Waals surface area contributed by atoms with Gasteiger partial charge in [0.1, 0.15) is 0 Å². The van der Waals surface area contributed by atoms with Crippen molar-refractivity contribution < 1.29 is 0 Å². The topological polar surface area (TPSA) is 40.5 Å². The van der Waals surface area contributed by atoms with E-state index in [9.17, 15) is 0 Å². The summed E-state index contributed by atoms with van der Waals surface area (Å²) in [5, 5.41) is 6.31. The minimum atomic E-state index is 0.494. The van der Waals surface area contributed by atoms with Crippen molar-refractivity contribution in [3.8, 4) is 0 Å². The maximum atomic E-state index is 5.19. The number of anilines is 1. The van der Waals surface area contributed by atoms with Crippen molar-refractivity contribution >= 4 is 49.3 Å². The Labute approximate surface area is 208 Å². The monoisotopic (exact) mass is 482 g/mol. The average molecular weight is 483 g/mol. The molecule has 4 aromatic rings. The lowest BCUT2D eigenvalue weighted by molar-refractivity contribution is 0.330. The molecule has 2 aliphatic carbocycles. The Hall–Kier alpha value is -2.83. The van der Waals surface area contributed by atoms with E-state index >= 15 is 0 Å². The van der Waals surface area contributed by atoms with Gasteiger partial charge in [0.25, 0.3) is 0 Å². The number of benzene rings is 3. The lowest BCUT2D eigenvalue weighted by Gasteiger charge is -2.26. The molecule has 2 heterocycles. The van der Waals surface area contributed by atoms with Crippen LogP contribution in [0.25, 0.3) is 10.2 Å². The number of hydrogen-bond acceptors (Lipinski definition) is 5. The summed E-state index contributed by atoms with van der Waals surface area (Å²) in [5.41, 5.74) is 6.49. The highest BCUT2D eigenvalue weighted by Crippen LogP contribution is 2.53. The molecule has 1 saturated heterocycles. The van der Waals surface area contributed by atoms with Gasteiger partial charge < -0.3 is 10.2 Å². The summed E-state index contributed by atoms with van der Waals surface area (Å²) in [6, 6.07) is 27.2. The Morgan fingerprint density at radius 3 is 2.79 bits per heavy atom. The second kappa shape index (κ2) is 8.43. The number of thiazole rings is 1. The Bertz CT molecular complexity index is 1360. The van der Waals surface area contributed by atoms with Gasteiger partial charge >= 0.3 is 0 Å². The normalized spacial score (nSPS) is 22.4. The van der Waals surface area contributed by atoms with Crippen LogP contribution < -0.4 is 5.32 Å². The van der Waals surface area contributed by atoms with Crippen molar-refractivity contribution in [2.45, 2.75) is 43.0 Å². The molecule has 170 valence electrons. The number of aliphatic imine (C=N–C) groups is 1. The zero-order valence-corrected chi connectivity index (χ0v) is 20.5. The molecule has 3 aliphatic rings. The molecule has 1 N–H and O–H groups in total. The number of thioether (sulfide) groups is 1. The van der Waals surface area contributed by atoms with Crippen LogP contribution in [0.1, 0.15) is 35.6 Å². The van der Waals surface area contributed by atoms with Crippen LogP contribution in [0.15, 0.2) is 77.8 Å². The number of aromatic nitrogens is 1. The number of amidine groups is 1. The molecule has 34 heavy (non-hydrogen) atoms. The van der Waals surface area contributed by atoms with Gasteiger partial charge in [0.05, 0.1) is 21.9 Å². The van der Waals surface area contributed by atoms with Crippen molar-refractivity contribution in [2.75, 3.05) is 11.9 Å². The van der Waals surface area contributed by atoms with Gasteiger partial charge in [-0.25, -0.2) is 9.98 Å². The lowest BCUT2D eigenvalue weighted by Crippen LogP contribution is -2.30. The standard InChI is InChI=1S/C28H26N4S2/c1-2-9-22-19(7-1)17-25-26(22)32(21-12-13-21)28(34-25)30-20-8-5-6-18(16-20)14-15-29-27-31-23-10-3-4-11-24(23)33-27/h1-11,16,21,25-26H,12-15,17H2,(H,29,31)/t25?,26-/m0/s1. The van der Waals surface area contributed by atoms with Crippen molar-refractivity contribution in [1.82, 2.24) is 9.88 Å². The quantitative estimate of drug-likeness (QED) is 0.327. The van der Waals surface area contributed by atoms with Gasteiger partial charge in [-0.2, -0.15) is 0 Å². The van der Waals surface area contributed by atoms with Gasteiger partial charge in [0, 0.05) is 17.8 Å². The molecule has 0 bridgehead atoms. The van der Waals surface area contributed by atoms with E-state index in [-0.39, 0.29) is 0 Å². The zero-order chi connectivity index (χ0) is 22.5. The van der Waals surface area contributed by atoms with E-state index in [0.29, 0.717) is 17.3 Å². The largest absolute Gasteiger partial charge is 0.361 e. The summed E-state index contributed by atoms with van der Waals surface area (Å²) in [5.74, 6) is 0. The molecule has 3 aromatic carbocycles. The first kappa shape index (κ1) is 20.5. The number of rotatable bonds is 6. The summed E-state index contributed by atoms with van der Waals surface area (Å²) in [6.07, 6.45) is 4.70. The van der Waals surface area contributed by atoms with E-state index in [1.54, 1.807) is 11.3 Å². The second-order valence-corrected chi connectivity index (χ2v) is 11.6. The third-order valence-corrected chi connectivity index (χ3v) is 9.22. The minimum Gasteiger partial charge on any atom is -0.361 e. The van der Waals surface area contributed by atoms with E-state index in [2.05, 4.69) is 81.9 Å². The van der Waals surface area contributed by atoms with Gasteiger partial charge in [-0.3, -0.25) is 0 Å². The molecule has 1 aliphatic heterocycles. The number of nitrogens with zero attached hydrogens (tertiary/aromatic N) is 3. The lowest BCUT2D eigenvalue weighted by atomic mass is 10.1. The maximum Gasteiger partial charge on any atom is 0.183 e. The molecule has 7 rings (SSSR count). The van der Waals surface area contributed by atoms with E-state index in [4.69, 9.17) is 4.99 Å². The van der Waals surface area contributed by atoms with Crippen LogP contribution in [-0.2, 0) is 12.8 Å². The molecule has 1 unspecified atom stereocenters. The molecule has 0 radical (unpaired) electrons. The SMILES string of the molecule is c1cc(CCNc2nc3ccccc3s2)cc(N=C2SC3Cc4ccccc4[C@@H]3N2C2CC2)c1. The van der Waals surface area contributed by atoms with Crippen molar-refractivity contribution in [2.24, 2.45) is 4.99 Å². The first-order valence-corrected chi connectivity index (χ1v) is 13.8. The van der Waals surface area contributed by atoms with Crippen LogP contribution in [0, 0.1) is 0 Å². The molecular formula is C28H26N4S2. The fourth-order valence-electron chi connectivity index (χ4n) is 5.26. The van der Waals surface area contributed by atoms with Crippen molar-refractivity contribution in [1.29, 1.82) is 0 Å². The van der Waals surface area contributed by atoms with Crippen LogP contribution in [0.3, 0.4) is 0 Å². The van der Waals surface area contributed by atoms with Gasteiger partial charge in [-0.1, -0.05) is 71.6 Å². The molecule has 0 amide bonds. The third kappa shape index (κ3) is 3.79. The number of para-hydroxylation sites is 1. The van der Waals surface area contributed by atoms with Crippen LogP contribution >= 0.6 is 23.1 Å². The van der Waals surface area contributed by atoms with Gasteiger partial charge in [-0.05, 0) is 66.6 Å². The van der Waals surface area contributed by atoms with Gasteiger partial charge in [-0.15, -0.1) is 0 Å². The molecule has 1 saturated carbocycles. The van der Waals surface area contributed by atoms with Crippen molar-refractivity contribution in [3.63, 3.8) is 0 Å². The molecular weight excluding hydrogens is 456 g/mol. The van der Waals surface area contributed by atoms with E-state index < -0.39 is 0 Å². The second-order valence-electron chi connectivity index (χ2n) is 9.37. The highest BCUT2D eigenvalue weighted by atomic mass is 32.2. The Kier molecular flexibility index (Phi) is 5.09. The van der Waals surface area contributed by atoms with Gasteiger partial charge in [0.2, 0.25) is 0 Å². The summed E-state index contributed by atoms with van der Waals surface area (Å²) in [7, 11) is 0. The summed E-state index contributed by atoms with van der Waals surface area (Å²) >= 11 is 3.71. The first-order chi connectivity index (χ1) is 16.8. The molecule has 2 atom stereocenters. The van der Waals surface area contributed by atoms with Crippen LogP contribution in [0.4, 0.5) is 10.8 Å². The predicted molar refractivity (Wildman–Crippen MR) is 144 cm³/mol. The molecule has 1 aromatic heterocycles. The summed E-state index contributed by atoms with van der Waals surface area (Å²) in [6.45, 7) is 0.865. The number of hydrogen-bond donors (Lipinski definition) is 1. The van der Waals surface area contributed by atoms with Crippen LogP contribution in [0.5, 0.6) is 0 Å².